The summed E-state index contributed by atoms with van der Waals surface area (Å²) in [6, 6.07) is 0. The van der Waals surface area contributed by atoms with E-state index in [1.165, 1.54) is 0 Å². The molecule has 0 bridgehead atoms. The maximum atomic E-state index is 9.64. The zero-order valence-electron chi connectivity index (χ0n) is 4.83. The Morgan fingerprint density at radius 3 is 1.10 bits per heavy atom. The summed E-state index contributed by atoms with van der Waals surface area (Å²) in [4.78, 5) is 28.5. The van der Waals surface area contributed by atoms with Gasteiger partial charge in [-0.25, -0.2) is 9.59 Å². The normalized spacial score (nSPS) is 6.40. The molecule has 0 unspecified atom stereocenters. The van der Waals surface area contributed by atoms with Crippen LogP contribution in [-0.2, 0) is 36.1 Å². The molecular formula is C3H5NO5Ti. The molecule has 0 aromatic rings. The van der Waals surface area contributed by atoms with Crippen molar-refractivity contribution >= 4 is 17.7 Å². The van der Waals surface area contributed by atoms with Crippen molar-refractivity contribution in [3.63, 3.8) is 0 Å². The molecule has 0 aromatic heterocycles. The molecule has 0 aliphatic heterocycles. The van der Waals surface area contributed by atoms with E-state index < -0.39 is 17.7 Å². The van der Waals surface area contributed by atoms with Gasteiger partial charge < -0.3 is 16.4 Å². The zero-order chi connectivity index (χ0) is 6.73. The summed E-state index contributed by atoms with van der Waals surface area (Å²) < 4.78 is 0. The number of rotatable bonds is 2. The van der Waals surface area contributed by atoms with Crippen molar-refractivity contribution in [2.75, 3.05) is 0 Å². The van der Waals surface area contributed by atoms with Gasteiger partial charge in [0.1, 0.15) is 0 Å². The van der Waals surface area contributed by atoms with Crippen LogP contribution in [0, 0.1) is 0 Å². The Labute approximate surface area is 70.7 Å². The molecule has 0 aliphatic carbocycles. The van der Waals surface area contributed by atoms with Gasteiger partial charge in [0.2, 0.25) is 0 Å². The van der Waals surface area contributed by atoms with Crippen molar-refractivity contribution in [3.8, 4) is 0 Å². The summed E-state index contributed by atoms with van der Waals surface area (Å²) in [5.41, 5.74) is 0. The van der Waals surface area contributed by atoms with E-state index >= 15 is 0 Å². The summed E-state index contributed by atoms with van der Waals surface area (Å²) in [5.74, 6) is -5.71. The molecule has 0 aliphatic rings. The smallest absolute Gasteiger partial charge is 0.384 e. The fourth-order valence-corrected chi connectivity index (χ4v) is 0.0915. The van der Waals surface area contributed by atoms with Gasteiger partial charge in [-0.2, -0.15) is 0 Å². The summed E-state index contributed by atoms with van der Waals surface area (Å²) in [5, 5.41) is 15.2. The number of carboxylic acid groups (broad SMARTS) is 2. The van der Waals surface area contributed by atoms with E-state index in [-0.39, 0.29) is 27.9 Å². The van der Waals surface area contributed by atoms with Gasteiger partial charge in [0, 0.05) is 21.7 Å². The maximum Gasteiger partial charge on any atom is 0.384 e. The molecule has 7 heteroatoms. The monoisotopic (exact) mass is 183 g/mol. The fourth-order valence-electron chi connectivity index (χ4n) is 0.0915. The minimum atomic E-state index is -1.95. The van der Waals surface area contributed by atoms with Crippen LogP contribution in [0.15, 0.2) is 0 Å². The number of aliphatic carboxylic acids is 2. The second kappa shape index (κ2) is 6.40. The fraction of sp³-hybridized carbons (Fsp3) is 0. The number of carbonyl (C=O) groups excluding carboxylic acids is 1. The Kier molecular flexibility index (Phi) is 10.3. The van der Waals surface area contributed by atoms with Gasteiger partial charge in [0.25, 0.3) is 0 Å². The van der Waals surface area contributed by atoms with Gasteiger partial charge in [-0.05, 0) is 0 Å². The van der Waals surface area contributed by atoms with Crippen molar-refractivity contribution in [2.24, 2.45) is 0 Å². The Morgan fingerprint density at radius 1 is 0.900 bits per heavy atom. The standard InChI is InChI=1S/C3H2O5.H3N.Ti/c4-1(2(5)6)3(7)8;;/h(H,5,6)(H,7,8);1H3;. The molecule has 0 rings (SSSR count). The molecule has 0 spiro atoms. The summed E-state index contributed by atoms with van der Waals surface area (Å²) in [7, 11) is 0. The van der Waals surface area contributed by atoms with E-state index in [2.05, 4.69) is 0 Å². The minimum Gasteiger partial charge on any atom is -0.475 e. The van der Waals surface area contributed by atoms with Crippen LogP contribution in [0.25, 0.3) is 0 Å². The van der Waals surface area contributed by atoms with Crippen LogP contribution in [0.2, 0.25) is 0 Å². The number of carboxylic acids is 2. The second-order valence-electron chi connectivity index (χ2n) is 0.939. The van der Waals surface area contributed by atoms with Crippen LogP contribution in [0.4, 0.5) is 0 Å². The Balaban J connectivity index is -0.000000245. The number of hydrogen-bond donors (Lipinski definition) is 3. The maximum absolute atomic E-state index is 9.64. The quantitative estimate of drug-likeness (QED) is 0.282. The molecule has 56 valence electrons. The molecule has 0 fully saturated rings. The van der Waals surface area contributed by atoms with Gasteiger partial charge in [-0.1, -0.05) is 0 Å². The van der Waals surface area contributed by atoms with E-state index in [0.717, 1.165) is 0 Å². The van der Waals surface area contributed by atoms with Gasteiger partial charge in [0.05, 0.1) is 0 Å². The zero-order valence-corrected chi connectivity index (χ0v) is 6.39. The third-order valence-electron chi connectivity index (χ3n) is 0.388. The molecule has 5 N–H and O–H groups in total. The van der Waals surface area contributed by atoms with Crippen molar-refractivity contribution < 1.29 is 46.3 Å². The molecule has 0 aromatic carbocycles. The van der Waals surface area contributed by atoms with Crippen molar-refractivity contribution in [1.29, 1.82) is 0 Å². The largest absolute Gasteiger partial charge is 0.475 e. The predicted molar refractivity (Wildman–Crippen MR) is 25.3 cm³/mol. The molecule has 0 atom stereocenters. The minimum absolute atomic E-state index is 0. The molecule has 10 heavy (non-hydrogen) atoms. The molecule has 0 saturated heterocycles. The van der Waals surface area contributed by atoms with Crippen molar-refractivity contribution in [1.82, 2.24) is 6.15 Å². The number of Topliss-reactive ketones (excluding diaryl/α,β-unsaturated/α-hetero) is 1. The third-order valence-corrected chi connectivity index (χ3v) is 0.388. The number of carbonyl (C=O) groups is 3. The van der Waals surface area contributed by atoms with Crippen LogP contribution in [-0.4, -0.2) is 27.9 Å². The van der Waals surface area contributed by atoms with Crippen molar-refractivity contribution in [2.45, 2.75) is 0 Å². The van der Waals surface area contributed by atoms with Crippen LogP contribution >= 0.6 is 0 Å². The van der Waals surface area contributed by atoms with Crippen LogP contribution in [0.5, 0.6) is 0 Å². The Hall–Kier alpha value is -0.716. The van der Waals surface area contributed by atoms with E-state index in [4.69, 9.17) is 10.2 Å². The first kappa shape index (κ1) is 16.1. The van der Waals surface area contributed by atoms with Crippen LogP contribution in [0.1, 0.15) is 0 Å². The molecule has 0 heterocycles. The van der Waals surface area contributed by atoms with E-state index in [9.17, 15) is 14.4 Å². The molecule has 0 radical (unpaired) electrons. The average molecular weight is 183 g/mol. The van der Waals surface area contributed by atoms with E-state index in [0.29, 0.717) is 0 Å². The topological polar surface area (TPSA) is 127 Å². The van der Waals surface area contributed by atoms with E-state index in [1.54, 1.807) is 0 Å². The molecule has 0 amide bonds. The first-order chi connectivity index (χ1) is 3.55. The van der Waals surface area contributed by atoms with Crippen LogP contribution < -0.4 is 6.15 Å². The second-order valence-corrected chi connectivity index (χ2v) is 0.939. The first-order valence-corrected chi connectivity index (χ1v) is 1.56. The molecule has 6 nitrogen and oxygen atoms in total. The first-order valence-electron chi connectivity index (χ1n) is 1.56. The Bertz CT molecular complexity index is 139. The summed E-state index contributed by atoms with van der Waals surface area (Å²) in [6.07, 6.45) is 0. The Morgan fingerprint density at radius 2 is 1.10 bits per heavy atom. The SMILES string of the molecule is N.O=C(O)C(=O)C(=O)O.[Ti]. The predicted octanol–water partition coefficient (Wildman–Crippen LogP) is -1.12. The number of ketones is 1. The molecule has 0 saturated carbocycles. The van der Waals surface area contributed by atoms with Crippen LogP contribution in [0.3, 0.4) is 0 Å². The number of hydrogen-bond acceptors (Lipinski definition) is 4. The van der Waals surface area contributed by atoms with Gasteiger partial charge in [-0.15, -0.1) is 0 Å². The summed E-state index contributed by atoms with van der Waals surface area (Å²) in [6.45, 7) is 0. The third kappa shape index (κ3) is 5.42. The molecular weight excluding hydrogens is 178 g/mol. The van der Waals surface area contributed by atoms with Gasteiger partial charge in [0.15, 0.2) is 0 Å². The van der Waals surface area contributed by atoms with E-state index in [1.807, 2.05) is 0 Å². The van der Waals surface area contributed by atoms with Gasteiger partial charge in [-0.3, -0.25) is 4.79 Å². The van der Waals surface area contributed by atoms with Gasteiger partial charge >= 0.3 is 17.7 Å². The summed E-state index contributed by atoms with van der Waals surface area (Å²) >= 11 is 0. The average Bonchev–Trinajstić information content (AvgIpc) is 1.64. The van der Waals surface area contributed by atoms with Crippen molar-refractivity contribution in [3.05, 3.63) is 0 Å².